The van der Waals surface area contributed by atoms with E-state index < -0.39 is 0 Å². The predicted octanol–water partition coefficient (Wildman–Crippen LogP) is 1.85. The predicted molar refractivity (Wildman–Crippen MR) is 55.8 cm³/mol. The second-order valence-corrected chi connectivity index (χ2v) is 4.24. The zero-order valence-corrected chi connectivity index (χ0v) is 9.16. The number of rotatable bonds is 4. The lowest BCUT2D eigenvalue weighted by molar-refractivity contribution is -0.153. The highest BCUT2D eigenvalue weighted by atomic mass is 16.5. The van der Waals surface area contributed by atoms with Crippen LogP contribution in [0.5, 0.6) is 0 Å². The fourth-order valence-electron chi connectivity index (χ4n) is 2.03. The average molecular weight is 199 g/mol. The molecule has 0 aliphatic heterocycles. The summed E-state index contributed by atoms with van der Waals surface area (Å²) in [6.07, 6.45) is 4.95. The molecule has 14 heavy (non-hydrogen) atoms. The Balaban J connectivity index is 2.33. The van der Waals surface area contributed by atoms with Crippen LogP contribution in [0.3, 0.4) is 0 Å². The second kappa shape index (κ2) is 5.35. The van der Waals surface area contributed by atoms with Gasteiger partial charge in [0, 0.05) is 6.04 Å². The molecule has 0 bridgehead atoms. The van der Waals surface area contributed by atoms with Gasteiger partial charge in [0.15, 0.2) is 0 Å². The molecule has 3 unspecified atom stereocenters. The lowest BCUT2D eigenvalue weighted by Gasteiger charge is -2.18. The Morgan fingerprint density at radius 3 is 2.79 bits per heavy atom. The van der Waals surface area contributed by atoms with Gasteiger partial charge in [0.05, 0.1) is 12.0 Å². The first-order valence-corrected chi connectivity index (χ1v) is 5.61. The lowest BCUT2D eigenvalue weighted by atomic mass is 10.1. The summed E-state index contributed by atoms with van der Waals surface area (Å²) in [6, 6.07) is 0.0244. The zero-order chi connectivity index (χ0) is 10.6. The van der Waals surface area contributed by atoms with Gasteiger partial charge in [-0.1, -0.05) is 19.8 Å². The number of esters is 1. The molecule has 0 radical (unpaired) electrons. The Labute approximate surface area is 86.0 Å². The van der Waals surface area contributed by atoms with Crippen LogP contribution in [0, 0.1) is 5.92 Å². The van der Waals surface area contributed by atoms with Gasteiger partial charge in [-0.15, -0.1) is 0 Å². The largest absolute Gasteiger partial charge is 0.462 e. The molecule has 0 amide bonds. The molecule has 3 heteroatoms. The van der Waals surface area contributed by atoms with E-state index in [4.69, 9.17) is 10.5 Å². The lowest BCUT2D eigenvalue weighted by Crippen LogP contribution is -2.33. The highest BCUT2D eigenvalue weighted by molar-refractivity contribution is 5.73. The van der Waals surface area contributed by atoms with Crippen LogP contribution in [0.15, 0.2) is 0 Å². The molecule has 0 aromatic carbocycles. The van der Waals surface area contributed by atoms with Crippen molar-refractivity contribution >= 4 is 5.97 Å². The van der Waals surface area contributed by atoms with Gasteiger partial charge >= 0.3 is 5.97 Å². The van der Waals surface area contributed by atoms with E-state index in [2.05, 4.69) is 6.92 Å². The van der Waals surface area contributed by atoms with E-state index in [1.807, 2.05) is 6.92 Å². The van der Waals surface area contributed by atoms with Gasteiger partial charge in [0.2, 0.25) is 0 Å². The van der Waals surface area contributed by atoms with E-state index in [1.165, 1.54) is 0 Å². The van der Waals surface area contributed by atoms with Crippen LogP contribution in [0.25, 0.3) is 0 Å². The molecule has 82 valence electrons. The van der Waals surface area contributed by atoms with Gasteiger partial charge in [-0.2, -0.15) is 0 Å². The molecular weight excluding hydrogens is 178 g/mol. The van der Waals surface area contributed by atoms with Crippen LogP contribution in [0.1, 0.15) is 46.0 Å². The van der Waals surface area contributed by atoms with Crippen molar-refractivity contribution in [3.05, 3.63) is 0 Å². The van der Waals surface area contributed by atoms with Crippen LogP contribution >= 0.6 is 0 Å². The Bertz CT molecular complexity index is 194. The zero-order valence-electron chi connectivity index (χ0n) is 9.16. The maximum absolute atomic E-state index is 11.6. The first-order valence-electron chi connectivity index (χ1n) is 5.61. The number of hydrogen-bond donors (Lipinski definition) is 1. The van der Waals surface area contributed by atoms with Crippen molar-refractivity contribution in [3.63, 3.8) is 0 Å². The monoisotopic (exact) mass is 199 g/mol. The van der Waals surface area contributed by atoms with Crippen LogP contribution in [-0.2, 0) is 9.53 Å². The highest BCUT2D eigenvalue weighted by Gasteiger charge is 2.32. The highest BCUT2D eigenvalue weighted by Crippen LogP contribution is 2.25. The summed E-state index contributed by atoms with van der Waals surface area (Å²) < 4.78 is 5.33. The van der Waals surface area contributed by atoms with Crippen LogP contribution in [0.4, 0.5) is 0 Å². The Morgan fingerprint density at radius 2 is 2.29 bits per heavy atom. The van der Waals surface area contributed by atoms with Crippen LogP contribution < -0.4 is 5.73 Å². The number of nitrogens with two attached hydrogens (primary N) is 1. The van der Waals surface area contributed by atoms with Crippen molar-refractivity contribution in [2.45, 2.75) is 58.1 Å². The number of carbonyl (C=O) groups excluding carboxylic acids is 1. The van der Waals surface area contributed by atoms with E-state index in [-0.39, 0.29) is 24.0 Å². The smallest absolute Gasteiger partial charge is 0.310 e. The molecule has 1 rings (SSSR count). The molecule has 3 nitrogen and oxygen atoms in total. The molecule has 1 aliphatic rings. The molecule has 0 heterocycles. The van der Waals surface area contributed by atoms with Crippen LogP contribution in [0.2, 0.25) is 0 Å². The maximum Gasteiger partial charge on any atom is 0.310 e. The Morgan fingerprint density at radius 1 is 1.57 bits per heavy atom. The minimum Gasteiger partial charge on any atom is -0.462 e. The third-order valence-electron chi connectivity index (χ3n) is 2.88. The van der Waals surface area contributed by atoms with Gasteiger partial charge in [0.1, 0.15) is 0 Å². The molecule has 0 spiro atoms. The van der Waals surface area contributed by atoms with Crippen molar-refractivity contribution in [3.8, 4) is 0 Å². The summed E-state index contributed by atoms with van der Waals surface area (Å²) in [4.78, 5) is 11.6. The van der Waals surface area contributed by atoms with Gasteiger partial charge in [-0.3, -0.25) is 4.79 Å². The molecule has 0 saturated heterocycles. The first-order chi connectivity index (χ1) is 6.65. The fraction of sp³-hybridized carbons (Fsp3) is 0.909. The molecule has 1 fully saturated rings. The van der Waals surface area contributed by atoms with E-state index in [9.17, 15) is 4.79 Å². The molecule has 3 atom stereocenters. The second-order valence-electron chi connectivity index (χ2n) is 4.24. The van der Waals surface area contributed by atoms with Gasteiger partial charge in [-0.25, -0.2) is 0 Å². The van der Waals surface area contributed by atoms with Crippen molar-refractivity contribution in [1.82, 2.24) is 0 Å². The number of ether oxygens (including phenoxy) is 1. The third kappa shape index (κ3) is 2.98. The average Bonchev–Trinajstić information content (AvgIpc) is 2.51. The number of hydrogen-bond acceptors (Lipinski definition) is 3. The first kappa shape index (κ1) is 11.5. The quantitative estimate of drug-likeness (QED) is 0.703. The molecule has 1 saturated carbocycles. The molecule has 0 aromatic heterocycles. The molecule has 1 aliphatic carbocycles. The molecular formula is C11H21NO2. The van der Waals surface area contributed by atoms with Gasteiger partial charge in [-0.05, 0) is 26.2 Å². The van der Waals surface area contributed by atoms with Crippen molar-refractivity contribution in [2.75, 3.05) is 0 Å². The SMILES string of the molecule is CCCC(C)OC(=O)C1CCCC1N. The van der Waals surface area contributed by atoms with Crippen molar-refractivity contribution in [2.24, 2.45) is 11.7 Å². The maximum atomic E-state index is 11.6. The van der Waals surface area contributed by atoms with E-state index in [1.54, 1.807) is 0 Å². The Kier molecular flexibility index (Phi) is 4.39. The summed E-state index contributed by atoms with van der Waals surface area (Å²) in [7, 11) is 0. The minimum absolute atomic E-state index is 0.0244. The number of carbonyl (C=O) groups is 1. The Hall–Kier alpha value is -0.570. The summed E-state index contributed by atoms with van der Waals surface area (Å²) >= 11 is 0. The van der Waals surface area contributed by atoms with E-state index in [0.717, 1.165) is 32.1 Å². The molecule has 0 aromatic rings. The van der Waals surface area contributed by atoms with Crippen LogP contribution in [-0.4, -0.2) is 18.1 Å². The summed E-state index contributed by atoms with van der Waals surface area (Å²) in [5, 5.41) is 0. The fourth-order valence-corrected chi connectivity index (χ4v) is 2.03. The summed E-state index contributed by atoms with van der Waals surface area (Å²) in [5.41, 5.74) is 5.83. The summed E-state index contributed by atoms with van der Waals surface area (Å²) in [5.74, 6) is -0.134. The normalized spacial score (nSPS) is 28.8. The minimum atomic E-state index is -0.0871. The van der Waals surface area contributed by atoms with E-state index >= 15 is 0 Å². The summed E-state index contributed by atoms with van der Waals surface area (Å²) in [6.45, 7) is 4.04. The molecule has 2 N–H and O–H groups in total. The van der Waals surface area contributed by atoms with Gasteiger partial charge < -0.3 is 10.5 Å². The van der Waals surface area contributed by atoms with Gasteiger partial charge in [0.25, 0.3) is 0 Å². The van der Waals surface area contributed by atoms with Crippen molar-refractivity contribution in [1.29, 1.82) is 0 Å². The van der Waals surface area contributed by atoms with E-state index in [0.29, 0.717) is 0 Å². The van der Waals surface area contributed by atoms with Crippen molar-refractivity contribution < 1.29 is 9.53 Å². The third-order valence-corrected chi connectivity index (χ3v) is 2.88. The topological polar surface area (TPSA) is 52.3 Å². The standard InChI is InChI=1S/C11H21NO2/c1-3-5-8(2)14-11(13)9-6-4-7-10(9)12/h8-10H,3-7,12H2,1-2H3.